The number of hydrogen-bond donors (Lipinski definition) is 1. The quantitative estimate of drug-likeness (QED) is 0.462. The van der Waals surface area contributed by atoms with Crippen LogP contribution >= 0.6 is 11.3 Å². The Morgan fingerprint density at radius 2 is 1.94 bits per heavy atom. The summed E-state index contributed by atoms with van der Waals surface area (Å²) in [7, 11) is 5.26. The van der Waals surface area contributed by atoms with Gasteiger partial charge in [-0.25, -0.2) is 4.98 Å². The molecule has 2 aromatic heterocycles. The van der Waals surface area contributed by atoms with E-state index in [0.717, 1.165) is 26.7 Å². The third-order valence-electron chi connectivity index (χ3n) is 4.70. The van der Waals surface area contributed by atoms with E-state index < -0.39 is 0 Å². The number of thiazole rings is 1. The summed E-state index contributed by atoms with van der Waals surface area (Å²) in [5, 5.41) is 3.46. The molecule has 7 nitrogen and oxygen atoms in total. The molecular formula is C23H22N4O3S. The monoisotopic (exact) mass is 434 g/mol. The van der Waals surface area contributed by atoms with Crippen LogP contribution in [0.3, 0.4) is 0 Å². The number of nitrogens with one attached hydrogen (secondary N) is 1. The van der Waals surface area contributed by atoms with E-state index in [4.69, 9.17) is 14.5 Å². The smallest absolute Gasteiger partial charge is 0.269 e. The van der Waals surface area contributed by atoms with Crippen LogP contribution in [0.25, 0.3) is 10.2 Å². The van der Waals surface area contributed by atoms with Gasteiger partial charge in [-0.1, -0.05) is 29.5 Å². The fourth-order valence-corrected chi connectivity index (χ4v) is 4.09. The molecule has 2 aromatic carbocycles. The van der Waals surface area contributed by atoms with Crippen LogP contribution in [0.4, 0.5) is 5.13 Å². The zero-order chi connectivity index (χ0) is 21.8. The second-order valence-electron chi connectivity index (χ2n) is 6.85. The van der Waals surface area contributed by atoms with E-state index >= 15 is 0 Å². The number of methoxy groups -OCH3 is 1. The van der Waals surface area contributed by atoms with Gasteiger partial charge in [0.1, 0.15) is 22.9 Å². The summed E-state index contributed by atoms with van der Waals surface area (Å²) in [6, 6.07) is 17.1. The largest absolute Gasteiger partial charge is 0.496 e. The number of pyridine rings is 1. The minimum Gasteiger partial charge on any atom is -0.496 e. The molecule has 0 atom stereocenters. The van der Waals surface area contributed by atoms with Gasteiger partial charge in [-0.2, -0.15) is 0 Å². The van der Waals surface area contributed by atoms with Crippen LogP contribution in [0.5, 0.6) is 17.2 Å². The van der Waals surface area contributed by atoms with E-state index in [1.54, 1.807) is 43.8 Å². The first-order valence-electron chi connectivity index (χ1n) is 9.67. The number of nitrogens with zero attached hydrogens (tertiary/aromatic N) is 3. The van der Waals surface area contributed by atoms with Crippen molar-refractivity contribution in [2.45, 2.75) is 6.54 Å². The lowest BCUT2D eigenvalue weighted by Crippen LogP contribution is -2.18. The fraction of sp³-hybridized carbons (Fsp3) is 0.174. The first-order valence-corrected chi connectivity index (χ1v) is 10.5. The number of para-hydroxylation sites is 1. The molecule has 0 aliphatic heterocycles. The molecule has 4 rings (SSSR count). The van der Waals surface area contributed by atoms with E-state index in [1.807, 2.05) is 43.4 Å². The van der Waals surface area contributed by atoms with Crippen molar-refractivity contribution >= 4 is 32.6 Å². The third kappa shape index (κ3) is 4.59. The number of ether oxygens (including phenoxy) is 2. The van der Waals surface area contributed by atoms with Gasteiger partial charge in [-0.15, -0.1) is 0 Å². The van der Waals surface area contributed by atoms with Crippen LogP contribution in [0.15, 0.2) is 60.8 Å². The average molecular weight is 435 g/mol. The molecule has 1 N–H and O–H groups in total. The maximum atomic E-state index is 11.8. The molecule has 4 aromatic rings. The second kappa shape index (κ2) is 9.01. The molecular weight excluding hydrogens is 412 g/mol. The van der Waals surface area contributed by atoms with Gasteiger partial charge < -0.3 is 19.7 Å². The number of aromatic nitrogens is 2. The average Bonchev–Trinajstić information content (AvgIpc) is 3.23. The molecule has 0 saturated carbocycles. The fourth-order valence-electron chi connectivity index (χ4n) is 3.14. The zero-order valence-electron chi connectivity index (χ0n) is 17.5. The maximum absolute atomic E-state index is 11.8. The van der Waals surface area contributed by atoms with Gasteiger partial charge in [0.05, 0.1) is 17.3 Å². The summed E-state index contributed by atoms with van der Waals surface area (Å²) >= 11 is 1.59. The van der Waals surface area contributed by atoms with Gasteiger partial charge in [0, 0.05) is 44.5 Å². The first-order chi connectivity index (χ1) is 15.1. The number of amides is 1. The Balaban J connectivity index is 1.54. The van der Waals surface area contributed by atoms with Gasteiger partial charge in [0.15, 0.2) is 5.13 Å². The van der Waals surface area contributed by atoms with Crippen molar-refractivity contribution in [2.24, 2.45) is 0 Å². The summed E-state index contributed by atoms with van der Waals surface area (Å²) in [5.74, 6) is 1.82. The highest BCUT2D eigenvalue weighted by molar-refractivity contribution is 7.22. The minimum atomic E-state index is -0.258. The second-order valence-corrected chi connectivity index (χ2v) is 7.86. The van der Waals surface area contributed by atoms with Crippen molar-refractivity contribution in [1.29, 1.82) is 0 Å². The van der Waals surface area contributed by atoms with E-state index in [2.05, 4.69) is 21.3 Å². The standard InChI is InChI=1S/C23H22N4O3S/c1-24-22(28)19-12-17(10-11-25-19)30-16-8-9-18-21(13-16)31-23(26-18)27(2)14-15-6-4-5-7-20(15)29-3/h4-13H,14H2,1-3H3,(H,24,28). The van der Waals surface area contributed by atoms with Crippen molar-refractivity contribution in [3.05, 3.63) is 72.1 Å². The van der Waals surface area contributed by atoms with Crippen LogP contribution < -0.4 is 19.7 Å². The Hall–Kier alpha value is -3.65. The van der Waals surface area contributed by atoms with Crippen LogP contribution in [0, 0.1) is 0 Å². The molecule has 8 heteroatoms. The molecule has 1 amide bonds. The summed E-state index contributed by atoms with van der Waals surface area (Å²) < 4.78 is 12.4. The third-order valence-corrected chi connectivity index (χ3v) is 5.83. The van der Waals surface area contributed by atoms with Crippen molar-refractivity contribution < 1.29 is 14.3 Å². The molecule has 0 radical (unpaired) electrons. The van der Waals surface area contributed by atoms with Gasteiger partial charge in [0.2, 0.25) is 0 Å². The lowest BCUT2D eigenvalue weighted by molar-refractivity contribution is 0.0958. The number of hydrogen-bond acceptors (Lipinski definition) is 7. The molecule has 0 saturated heterocycles. The van der Waals surface area contributed by atoms with E-state index in [1.165, 1.54) is 0 Å². The molecule has 2 heterocycles. The van der Waals surface area contributed by atoms with Gasteiger partial charge in [-0.3, -0.25) is 9.78 Å². The van der Waals surface area contributed by atoms with Crippen molar-refractivity contribution in [2.75, 3.05) is 26.1 Å². The Morgan fingerprint density at radius 3 is 2.74 bits per heavy atom. The lowest BCUT2D eigenvalue weighted by Gasteiger charge is -2.17. The van der Waals surface area contributed by atoms with Crippen LogP contribution in [-0.4, -0.2) is 37.1 Å². The predicted octanol–water partition coefficient (Wildman–Crippen LogP) is 4.49. The first kappa shape index (κ1) is 20.6. The number of fused-ring (bicyclic) bond motifs is 1. The van der Waals surface area contributed by atoms with Crippen LogP contribution in [-0.2, 0) is 6.54 Å². The summed E-state index contributed by atoms with van der Waals surface area (Å²) in [5.41, 5.74) is 2.31. The highest BCUT2D eigenvalue weighted by Crippen LogP contribution is 2.33. The van der Waals surface area contributed by atoms with Crippen molar-refractivity contribution in [3.8, 4) is 17.2 Å². The van der Waals surface area contributed by atoms with Gasteiger partial charge in [0.25, 0.3) is 5.91 Å². The molecule has 0 spiro atoms. The van der Waals surface area contributed by atoms with E-state index in [0.29, 0.717) is 23.7 Å². The molecule has 0 aliphatic rings. The predicted molar refractivity (Wildman–Crippen MR) is 122 cm³/mol. The Kier molecular flexibility index (Phi) is 5.99. The molecule has 0 unspecified atom stereocenters. The van der Waals surface area contributed by atoms with E-state index in [-0.39, 0.29) is 5.91 Å². The summed E-state index contributed by atoms with van der Waals surface area (Å²) in [4.78, 5) is 22.7. The van der Waals surface area contributed by atoms with Gasteiger partial charge >= 0.3 is 0 Å². The molecule has 0 aliphatic carbocycles. The number of rotatable bonds is 7. The SMILES string of the molecule is CNC(=O)c1cc(Oc2ccc3nc(N(C)Cc4ccccc4OC)sc3c2)ccn1. The van der Waals surface area contributed by atoms with Crippen molar-refractivity contribution in [3.63, 3.8) is 0 Å². The Bertz CT molecular complexity index is 1220. The molecule has 0 bridgehead atoms. The summed E-state index contributed by atoms with van der Waals surface area (Å²) in [6.45, 7) is 0.687. The molecule has 0 fully saturated rings. The summed E-state index contributed by atoms with van der Waals surface area (Å²) in [6.07, 6.45) is 1.55. The number of carbonyl (C=O) groups excluding carboxylic acids is 1. The topological polar surface area (TPSA) is 76.6 Å². The zero-order valence-corrected chi connectivity index (χ0v) is 18.3. The molecule has 158 valence electrons. The number of benzene rings is 2. The van der Waals surface area contributed by atoms with Gasteiger partial charge in [-0.05, 0) is 24.3 Å². The maximum Gasteiger partial charge on any atom is 0.269 e. The normalized spacial score (nSPS) is 10.7. The highest BCUT2D eigenvalue weighted by Gasteiger charge is 2.13. The lowest BCUT2D eigenvalue weighted by atomic mass is 10.2. The number of carbonyl (C=O) groups is 1. The molecule has 31 heavy (non-hydrogen) atoms. The Morgan fingerprint density at radius 1 is 1.13 bits per heavy atom. The highest BCUT2D eigenvalue weighted by atomic mass is 32.1. The Labute approximate surface area is 184 Å². The van der Waals surface area contributed by atoms with Crippen LogP contribution in [0.2, 0.25) is 0 Å². The van der Waals surface area contributed by atoms with E-state index in [9.17, 15) is 4.79 Å². The van der Waals surface area contributed by atoms with Crippen molar-refractivity contribution in [1.82, 2.24) is 15.3 Å². The van der Waals surface area contributed by atoms with Crippen LogP contribution in [0.1, 0.15) is 16.1 Å². The number of anilines is 1. The minimum absolute atomic E-state index is 0.258.